The Labute approximate surface area is 242 Å². The summed E-state index contributed by atoms with van der Waals surface area (Å²) in [5.41, 5.74) is 4.87. The van der Waals surface area contributed by atoms with Crippen LogP contribution in [0.2, 0.25) is 10.0 Å². The minimum Gasteiger partial charge on any atom is -0.545 e. The lowest BCUT2D eigenvalue weighted by molar-refractivity contribution is -0.458. The van der Waals surface area contributed by atoms with Gasteiger partial charge >= 0.3 is 0 Å². The highest BCUT2D eigenvalue weighted by atomic mass is 35.5. The normalized spacial score (nSPS) is 12.1. The van der Waals surface area contributed by atoms with Crippen molar-refractivity contribution in [3.05, 3.63) is 80.7 Å². The number of carbonyl (C=O) groups excluding carboxylic acids is 2. The van der Waals surface area contributed by atoms with E-state index in [1.165, 1.54) is 30.6 Å². The van der Waals surface area contributed by atoms with Crippen LogP contribution in [0.5, 0.6) is 0 Å². The molecule has 212 valence electrons. The number of aryl methyl sites for hydroxylation is 2. The minimum atomic E-state index is -2.02. The Balaban J connectivity index is 0.000000810. The molecule has 40 heavy (non-hydrogen) atoms. The number of halogens is 3. The first kappa shape index (κ1) is 31.1. The molecule has 0 saturated carbocycles. The summed E-state index contributed by atoms with van der Waals surface area (Å²) in [6, 6.07) is 8.30. The molecule has 10 heteroatoms. The summed E-state index contributed by atoms with van der Waals surface area (Å²) in [7, 11) is 0. The molecule has 0 radical (unpaired) electrons. The van der Waals surface area contributed by atoms with Crippen LogP contribution in [0.4, 0.5) is 4.39 Å². The van der Waals surface area contributed by atoms with Gasteiger partial charge in [-0.3, -0.25) is 9.36 Å². The molecule has 2 aromatic heterocycles. The Morgan fingerprint density at radius 1 is 1.10 bits per heavy atom. The highest BCUT2D eigenvalue weighted by Gasteiger charge is 2.36. The molecule has 0 unspecified atom stereocenters. The molecule has 0 atom stereocenters. The van der Waals surface area contributed by atoms with Gasteiger partial charge in [-0.2, -0.15) is 0 Å². The van der Waals surface area contributed by atoms with Gasteiger partial charge in [0.25, 0.3) is 5.91 Å². The number of fused-ring (bicyclic) bond motifs is 1. The zero-order valence-corrected chi connectivity index (χ0v) is 25.0. The van der Waals surface area contributed by atoms with E-state index in [1.54, 1.807) is 44.3 Å². The van der Waals surface area contributed by atoms with Crippen molar-refractivity contribution < 1.29 is 29.3 Å². The van der Waals surface area contributed by atoms with E-state index in [2.05, 4.69) is 31.7 Å². The fourth-order valence-electron chi connectivity index (χ4n) is 4.17. The third kappa shape index (κ3) is 6.99. The second-order valence-corrected chi connectivity index (χ2v) is 12.1. The van der Waals surface area contributed by atoms with Crippen LogP contribution in [0, 0.1) is 13.8 Å². The molecule has 0 saturated heterocycles. The van der Waals surface area contributed by atoms with Gasteiger partial charge in [-0.05, 0) is 89.4 Å². The van der Waals surface area contributed by atoms with Crippen LogP contribution in [-0.2, 0) is 10.5 Å². The number of quaternary nitrogens is 1. The standard InChI is InChI=1S/C26H21Cl2FN2O4.C4H11N/c1-13-10-16(27)11-17(28)21(13)23-22(24(35-30-23)26(3,4)29)25(34)31-12-14(2)20-15(8-9-19(32)33)6-5-7-18(20)31;1-4(2,3)5/h5-12H,1-4H3,(H,32,33);5H2,1-3H3/b9-8+;. The molecule has 4 aromatic rings. The lowest BCUT2D eigenvalue weighted by Crippen LogP contribution is -2.67. The molecule has 2 aromatic carbocycles. The molecule has 0 aliphatic carbocycles. The summed E-state index contributed by atoms with van der Waals surface area (Å²) in [5.74, 6) is -2.16. The van der Waals surface area contributed by atoms with Crippen molar-refractivity contribution in [3.8, 4) is 11.3 Å². The van der Waals surface area contributed by atoms with E-state index in [9.17, 15) is 14.7 Å². The van der Waals surface area contributed by atoms with Gasteiger partial charge in [-0.15, -0.1) is 0 Å². The van der Waals surface area contributed by atoms with Crippen LogP contribution in [0.15, 0.2) is 47.1 Å². The van der Waals surface area contributed by atoms with Gasteiger partial charge in [-0.25, -0.2) is 4.39 Å². The van der Waals surface area contributed by atoms with Crippen molar-refractivity contribution in [2.24, 2.45) is 0 Å². The monoisotopic (exact) mass is 587 g/mol. The second kappa shape index (κ2) is 11.6. The van der Waals surface area contributed by atoms with Crippen LogP contribution >= 0.6 is 23.2 Å². The maximum absolute atomic E-state index is 15.2. The molecular formula is C30H32Cl2FN3O4. The topological polar surface area (TPSA) is 116 Å². The number of rotatable bonds is 5. The van der Waals surface area contributed by atoms with E-state index in [-0.39, 0.29) is 27.6 Å². The molecule has 4 rings (SSSR count). The number of benzene rings is 2. The molecule has 0 bridgehead atoms. The van der Waals surface area contributed by atoms with Crippen molar-refractivity contribution >= 4 is 52.1 Å². The van der Waals surface area contributed by atoms with Gasteiger partial charge < -0.3 is 20.2 Å². The third-order valence-electron chi connectivity index (χ3n) is 5.60. The molecule has 3 N–H and O–H groups in total. The molecule has 7 nitrogen and oxygen atoms in total. The number of aromatic nitrogens is 2. The van der Waals surface area contributed by atoms with Crippen molar-refractivity contribution in [2.45, 2.75) is 59.7 Å². The molecule has 0 aliphatic rings. The highest BCUT2D eigenvalue weighted by molar-refractivity contribution is 6.36. The summed E-state index contributed by atoms with van der Waals surface area (Å²) in [6.07, 6.45) is 3.92. The Hall–Kier alpha value is -3.46. The van der Waals surface area contributed by atoms with Crippen molar-refractivity contribution in [3.63, 3.8) is 0 Å². The lowest BCUT2D eigenvalue weighted by atomic mass is 9.96. The number of hydrogen-bond donors (Lipinski definition) is 1. The highest BCUT2D eigenvalue weighted by Crippen LogP contribution is 2.40. The number of carboxylic acid groups (broad SMARTS) is 1. The van der Waals surface area contributed by atoms with Gasteiger partial charge in [0.15, 0.2) is 11.4 Å². The number of hydrogen-bond acceptors (Lipinski definition) is 5. The van der Waals surface area contributed by atoms with Gasteiger partial charge in [0.2, 0.25) is 0 Å². The van der Waals surface area contributed by atoms with E-state index in [0.717, 1.165) is 6.08 Å². The number of nitrogens with zero attached hydrogens (tertiary/aromatic N) is 2. The SMILES string of the molecule is CC(C)(C)[NH3+].Cc1cc(Cl)cc(Cl)c1-c1noc(C(C)(C)F)c1C(=O)n1cc(C)c2c(/C=C/C(=O)[O-])cccc21. The minimum absolute atomic E-state index is 0.0718. The summed E-state index contributed by atoms with van der Waals surface area (Å²) in [6.45, 7) is 12.3. The van der Waals surface area contributed by atoms with Crippen molar-refractivity contribution in [1.82, 2.24) is 9.72 Å². The average molecular weight is 589 g/mol. The van der Waals surface area contributed by atoms with Crippen LogP contribution in [0.25, 0.3) is 28.2 Å². The maximum Gasteiger partial charge on any atom is 0.268 e. The number of carbonyl (C=O) groups is 2. The zero-order valence-electron chi connectivity index (χ0n) is 23.5. The van der Waals surface area contributed by atoms with Gasteiger partial charge in [0.05, 0.1) is 22.0 Å². The molecule has 0 spiro atoms. The molecular weight excluding hydrogens is 556 g/mol. The molecule has 0 fully saturated rings. The number of carboxylic acids is 1. The van der Waals surface area contributed by atoms with Crippen LogP contribution in [0.3, 0.4) is 0 Å². The second-order valence-electron chi connectivity index (χ2n) is 11.2. The van der Waals surface area contributed by atoms with E-state index < -0.39 is 17.5 Å². The maximum atomic E-state index is 15.2. The Morgan fingerprint density at radius 3 is 2.27 bits per heavy atom. The van der Waals surface area contributed by atoms with Crippen LogP contribution < -0.4 is 10.8 Å². The van der Waals surface area contributed by atoms with Crippen molar-refractivity contribution in [2.75, 3.05) is 0 Å². The lowest BCUT2D eigenvalue weighted by Gasteiger charge is -2.14. The van der Waals surface area contributed by atoms with Crippen LogP contribution in [0.1, 0.15) is 67.4 Å². The Kier molecular flexibility index (Phi) is 8.99. The van der Waals surface area contributed by atoms with Gasteiger partial charge in [0.1, 0.15) is 11.3 Å². The Morgan fingerprint density at radius 2 is 1.73 bits per heavy atom. The first-order chi connectivity index (χ1) is 18.4. The van der Waals surface area contributed by atoms with Crippen molar-refractivity contribution in [1.29, 1.82) is 0 Å². The van der Waals surface area contributed by atoms with Gasteiger partial charge in [0, 0.05) is 22.2 Å². The summed E-state index contributed by atoms with van der Waals surface area (Å²) in [4.78, 5) is 24.9. The first-order valence-electron chi connectivity index (χ1n) is 12.4. The quantitative estimate of drug-likeness (QED) is 0.292. The number of aliphatic carboxylic acids is 1. The fourth-order valence-corrected chi connectivity index (χ4v) is 4.85. The molecule has 0 amide bonds. The molecule has 2 heterocycles. The summed E-state index contributed by atoms with van der Waals surface area (Å²) < 4.78 is 21.9. The van der Waals surface area contributed by atoms with E-state index in [1.807, 2.05) is 0 Å². The van der Waals surface area contributed by atoms with Gasteiger partial charge in [-0.1, -0.05) is 46.6 Å². The summed E-state index contributed by atoms with van der Waals surface area (Å²) in [5, 5.41) is 16.3. The predicted molar refractivity (Wildman–Crippen MR) is 154 cm³/mol. The predicted octanol–water partition coefficient (Wildman–Crippen LogP) is 5.90. The third-order valence-corrected chi connectivity index (χ3v) is 6.12. The Bertz CT molecular complexity index is 1590. The number of alkyl halides is 1. The smallest absolute Gasteiger partial charge is 0.268 e. The van der Waals surface area contributed by atoms with E-state index in [4.69, 9.17) is 27.7 Å². The van der Waals surface area contributed by atoms with Crippen LogP contribution in [-0.4, -0.2) is 27.1 Å². The first-order valence-corrected chi connectivity index (χ1v) is 13.2. The zero-order chi connectivity index (χ0) is 30.2. The largest absolute Gasteiger partial charge is 0.545 e. The van der Waals surface area contributed by atoms with E-state index in [0.29, 0.717) is 38.2 Å². The average Bonchev–Trinajstić information content (AvgIpc) is 3.38. The fraction of sp³-hybridized carbons (Fsp3) is 0.300. The van der Waals surface area contributed by atoms with E-state index >= 15 is 4.39 Å². The molecule has 0 aliphatic heterocycles. The summed E-state index contributed by atoms with van der Waals surface area (Å²) >= 11 is 12.6.